The fraction of sp³-hybridized carbons (Fsp3) is 0.750. The zero-order valence-electron chi connectivity index (χ0n) is 18.5. The number of carbonyl (C=O) groups is 3. The van der Waals surface area contributed by atoms with Crippen LogP contribution in [-0.2, 0) is 27.5 Å². The highest BCUT2D eigenvalue weighted by Gasteiger charge is 2.22. The first-order chi connectivity index (χ1) is 14.3. The third-order valence-corrected chi connectivity index (χ3v) is 5.91. The van der Waals surface area contributed by atoms with Gasteiger partial charge in [-0.15, -0.1) is 10.2 Å². The first-order valence-electron chi connectivity index (χ1n) is 10.7. The van der Waals surface area contributed by atoms with Crippen molar-refractivity contribution >= 4 is 29.5 Å². The summed E-state index contributed by atoms with van der Waals surface area (Å²) in [4.78, 5) is 40.2. The standard InChI is InChI=1S/C20H34N6O3S/c1-5-24(13-17(27)21-15(3)4)19(29)14-30-20-23-22-16(26(20)6-2)12-25-11-9-7-8-10-18(25)28/h15H,5-14H2,1-4H3,(H,21,27). The van der Waals surface area contributed by atoms with Crippen LogP contribution in [0.15, 0.2) is 5.16 Å². The van der Waals surface area contributed by atoms with Crippen LogP contribution < -0.4 is 5.32 Å². The predicted octanol–water partition coefficient (Wildman–Crippen LogP) is 1.67. The van der Waals surface area contributed by atoms with Crippen molar-refractivity contribution in [3.05, 3.63) is 5.82 Å². The molecular weight excluding hydrogens is 404 g/mol. The fourth-order valence-electron chi connectivity index (χ4n) is 3.37. The van der Waals surface area contributed by atoms with E-state index in [2.05, 4.69) is 15.5 Å². The molecule has 1 fully saturated rings. The molecule has 168 valence electrons. The van der Waals surface area contributed by atoms with E-state index in [1.165, 1.54) is 16.7 Å². The van der Waals surface area contributed by atoms with E-state index in [9.17, 15) is 14.4 Å². The molecule has 2 rings (SSSR count). The molecule has 1 aliphatic heterocycles. The van der Waals surface area contributed by atoms with E-state index in [4.69, 9.17) is 0 Å². The number of carbonyl (C=O) groups excluding carboxylic acids is 3. The molecule has 0 atom stereocenters. The van der Waals surface area contributed by atoms with Gasteiger partial charge in [0.25, 0.3) is 0 Å². The smallest absolute Gasteiger partial charge is 0.239 e. The molecule has 9 nitrogen and oxygen atoms in total. The fourth-order valence-corrected chi connectivity index (χ4v) is 4.30. The minimum Gasteiger partial charge on any atom is -0.352 e. The van der Waals surface area contributed by atoms with E-state index in [1.54, 1.807) is 0 Å². The van der Waals surface area contributed by atoms with E-state index in [0.29, 0.717) is 31.2 Å². The first kappa shape index (κ1) is 24.2. The number of aromatic nitrogens is 3. The van der Waals surface area contributed by atoms with Crippen molar-refractivity contribution in [1.82, 2.24) is 29.9 Å². The third-order valence-electron chi connectivity index (χ3n) is 4.96. The largest absolute Gasteiger partial charge is 0.352 e. The van der Waals surface area contributed by atoms with Gasteiger partial charge >= 0.3 is 0 Å². The van der Waals surface area contributed by atoms with Gasteiger partial charge in [0.2, 0.25) is 17.7 Å². The van der Waals surface area contributed by atoms with Gasteiger partial charge in [0, 0.05) is 32.1 Å². The lowest BCUT2D eigenvalue weighted by atomic mass is 10.2. The second-order valence-corrected chi connectivity index (χ2v) is 8.63. The topological polar surface area (TPSA) is 100 Å². The summed E-state index contributed by atoms with van der Waals surface area (Å²) in [5, 5.41) is 12.0. The minimum absolute atomic E-state index is 0.0401. The molecule has 0 aromatic carbocycles. The molecule has 0 radical (unpaired) electrons. The molecule has 2 heterocycles. The number of amides is 3. The Labute approximate surface area is 182 Å². The number of nitrogens with one attached hydrogen (secondary N) is 1. The zero-order chi connectivity index (χ0) is 22.1. The monoisotopic (exact) mass is 438 g/mol. The van der Waals surface area contributed by atoms with Crippen LogP contribution in [0.1, 0.15) is 59.2 Å². The molecular formula is C20H34N6O3S. The number of hydrogen-bond donors (Lipinski definition) is 1. The van der Waals surface area contributed by atoms with E-state index in [1.807, 2.05) is 37.2 Å². The van der Waals surface area contributed by atoms with Crippen LogP contribution in [0.5, 0.6) is 0 Å². The summed E-state index contributed by atoms with van der Waals surface area (Å²) in [6, 6.07) is 0.0401. The van der Waals surface area contributed by atoms with Crippen molar-refractivity contribution in [2.45, 2.75) is 77.7 Å². The number of rotatable bonds is 10. The van der Waals surface area contributed by atoms with Gasteiger partial charge in [0.05, 0.1) is 18.8 Å². The second-order valence-electron chi connectivity index (χ2n) is 7.69. The maximum absolute atomic E-state index is 12.6. The highest BCUT2D eigenvalue weighted by atomic mass is 32.2. The van der Waals surface area contributed by atoms with E-state index < -0.39 is 0 Å². The Hall–Kier alpha value is -2.10. The summed E-state index contributed by atoms with van der Waals surface area (Å²) in [5.41, 5.74) is 0. The van der Waals surface area contributed by atoms with Crippen molar-refractivity contribution in [3.63, 3.8) is 0 Å². The minimum atomic E-state index is -0.161. The second kappa shape index (κ2) is 11.9. The Morgan fingerprint density at radius 1 is 1.20 bits per heavy atom. The average Bonchev–Trinajstić information content (AvgIpc) is 2.97. The van der Waals surface area contributed by atoms with Crippen molar-refractivity contribution < 1.29 is 14.4 Å². The predicted molar refractivity (Wildman–Crippen MR) is 116 cm³/mol. The van der Waals surface area contributed by atoms with E-state index >= 15 is 0 Å². The maximum atomic E-state index is 12.6. The molecule has 1 aromatic rings. The Morgan fingerprint density at radius 3 is 2.63 bits per heavy atom. The van der Waals surface area contributed by atoms with Crippen LogP contribution in [0.2, 0.25) is 0 Å². The molecule has 0 spiro atoms. The Bertz CT molecular complexity index is 736. The van der Waals surface area contributed by atoms with E-state index in [-0.39, 0.29) is 36.1 Å². The lowest BCUT2D eigenvalue weighted by molar-refractivity contribution is -0.134. The van der Waals surface area contributed by atoms with Gasteiger partial charge in [-0.05, 0) is 40.5 Å². The molecule has 0 aliphatic carbocycles. The summed E-state index contributed by atoms with van der Waals surface area (Å²) in [5.74, 6) is 0.818. The van der Waals surface area contributed by atoms with Gasteiger partial charge < -0.3 is 19.7 Å². The summed E-state index contributed by atoms with van der Waals surface area (Å²) >= 11 is 1.32. The molecule has 30 heavy (non-hydrogen) atoms. The van der Waals surface area contributed by atoms with Crippen LogP contribution in [0.4, 0.5) is 0 Å². The van der Waals surface area contributed by atoms with Gasteiger partial charge in [0.15, 0.2) is 11.0 Å². The molecule has 10 heteroatoms. The molecule has 1 aromatic heterocycles. The lowest BCUT2D eigenvalue weighted by Gasteiger charge is -2.21. The molecule has 1 N–H and O–H groups in total. The number of thioether (sulfide) groups is 1. The summed E-state index contributed by atoms with van der Waals surface area (Å²) in [7, 11) is 0. The number of likely N-dealkylation sites (tertiary alicyclic amines) is 1. The number of nitrogens with zero attached hydrogens (tertiary/aromatic N) is 5. The van der Waals surface area contributed by atoms with Crippen LogP contribution >= 0.6 is 11.8 Å². The van der Waals surface area contributed by atoms with Crippen molar-refractivity contribution in [2.24, 2.45) is 0 Å². The SMILES string of the molecule is CCN(CC(=O)NC(C)C)C(=O)CSc1nnc(CN2CCCCCC2=O)n1CC. The van der Waals surface area contributed by atoms with Gasteiger partial charge in [-0.2, -0.15) is 0 Å². The molecule has 1 aliphatic rings. The quantitative estimate of drug-likeness (QED) is 0.558. The first-order valence-corrected chi connectivity index (χ1v) is 11.7. The van der Waals surface area contributed by atoms with Crippen LogP contribution in [-0.4, -0.2) is 73.7 Å². The van der Waals surface area contributed by atoms with Gasteiger partial charge in [-0.3, -0.25) is 14.4 Å². The van der Waals surface area contributed by atoms with Crippen molar-refractivity contribution in [2.75, 3.05) is 25.4 Å². The Morgan fingerprint density at radius 2 is 1.97 bits per heavy atom. The Kier molecular flexibility index (Phi) is 9.61. The highest BCUT2D eigenvalue weighted by Crippen LogP contribution is 2.20. The van der Waals surface area contributed by atoms with Gasteiger partial charge in [0.1, 0.15) is 0 Å². The zero-order valence-corrected chi connectivity index (χ0v) is 19.3. The molecule has 0 saturated carbocycles. The van der Waals surface area contributed by atoms with Crippen LogP contribution in [0.3, 0.4) is 0 Å². The third kappa shape index (κ3) is 7.00. The Balaban J connectivity index is 1.97. The summed E-state index contributed by atoms with van der Waals surface area (Å²) in [6.07, 6.45) is 3.63. The maximum Gasteiger partial charge on any atom is 0.239 e. The van der Waals surface area contributed by atoms with Crippen LogP contribution in [0.25, 0.3) is 0 Å². The van der Waals surface area contributed by atoms with E-state index in [0.717, 1.165) is 31.6 Å². The van der Waals surface area contributed by atoms with Gasteiger partial charge in [-0.25, -0.2) is 0 Å². The number of likely N-dealkylation sites (N-methyl/N-ethyl adjacent to an activating group) is 1. The van der Waals surface area contributed by atoms with Crippen LogP contribution in [0, 0.1) is 0 Å². The highest BCUT2D eigenvalue weighted by molar-refractivity contribution is 7.99. The van der Waals surface area contributed by atoms with Crippen molar-refractivity contribution in [1.29, 1.82) is 0 Å². The normalized spacial score (nSPS) is 14.7. The lowest BCUT2D eigenvalue weighted by Crippen LogP contribution is -2.43. The van der Waals surface area contributed by atoms with Gasteiger partial charge in [-0.1, -0.05) is 18.2 Å². The number of hydrogen-bond acceptors (Lipinski definition) is 6. The molecule has 0 unspecified atom stereocenters. The molecule has 0 bridgehead atoms. The van der Waals surface area contributed by atoms with Crippen molar-refractivity contribution in [3.8, 4) is 0 Å². The summed E-state index contributed by atoms with van der Waals surface area (Å²) < 4.78 is 1.96. The average molecular weight is 439 g/mol. The molecule has 3 amide bonds. The summed E-state index contributed by atoms with van der Waals surface area (Å²) in [6.45, 7) is 10.0. The molecule has 1 saturated heterocycles.